The van der Waals surface area contributed by atoms with Crippen LogP contribution in [0.2, 0.25) is 0 Å². The van der Waals surface area contributed by atoms with Crippen LogP contribution >= 0.6 is 24.0 Å². The molecule has 3 aromatic rings. The van der Waals surface area contributed by atoms with Crippen LogP contribution in [0.3, 0.4) is 0 Å². The number of fused-ring (bicyclic) bond motifs is 3. The van der Waals surface area contributed by atoms with Crippen molar-refractivity contribution in [3.63, 3.8) is 0 Å². The van der Waals surface area contributed by atoms with Crippen LogP contribution in [0.5, 0.6) is 0 Å². The highest BCUT2D eigenvalue weighted by Crippen LogP contribution is 2.30. The number of aromatic nitrogens is 1. The molecule has 3 rings (SSSR count). The Morgan fingerprint density at radius 1 is 0.955 bits per heavy atom. The van der Waals surface area contributed by atoms with Gasteiger partial charge in [0.15, 0.2) is 0 Å². The summed E-state index contributed by atoms with van der Waals surface area (Å²) in [5.41, 5.74) is 2.60. The van der Waals surface area contributed by atoms with E-state index in [1.165, 1.54) is 21.8 Å². The molecule has 0 spiro atoms. The van der Waals surface area contributed by atoms with Gasteiger partial charge in [-0.05, 0) is 12.1 Å². The van der Waals surface area contributed by atoms with E-state index in [0.717, 1.165) is 17.2 Å². The third-order valence-corrected chi connectivity index (χ3v) is 5.14. The van der Waals surface area contributed by atoms with Crippen molar-refractivity contribution in [2.75, 3.05) is 0 Å². The number of rotatable bonds is 3. The van der Waals surface area contributed by atoms with E-state index in [0.29, 0.717) is 0 Å². The zero-order chi connectivity index (χ0) is 15.7. The molecule has 0 atom stereocenters. The maximum Gasteiger partial charge on any atom is 0.0501 e. The zero-order valence-electron chi connectivity index (χ0n) is 13.3. The van der Waals surface area contributed by atoms with Crippen molar-refractivity contribution < 1.29 is 0 Å². The van der Waals surface area contributed by atoms with Gasteiger partial charge < -0.3 is 4.57 Å². The van der Waals surface area contributed by atoms with Crippen LogP contribution in [-0.2, 0) is 6.54 Å². The Hall–Kier alpha value is -1.32. The van der Waals surface area contributed by atoms with Gasteiger partial charge in [0.2, 0.25) is 0 Å². The molecule has 1 heterocycles. The molecular weight excluding hydrogens is 306 g/mol. The maximum atomic E-state index is 5.57. The molecule has 0 unspecified atom stereocenters. The molecule has 0 bridgehead atoms. The molecule has 2 aromatic carbocycles. The fourth-order valence-electron chi connectivity index (χ4n) is 2.84. The zero-order valence-corrected chi connectivity index (χ0v) is 14.9. The van der Waals surface area contributed by atoms with E-state index in [2.05, 4.69) is 73.9 Å². The molecule has 3 heteroatoms. The van der Waals surface area contributed by atoms with Crippen LogP contribution in [0.25, 0.3) is 21.8 Å². The summed E-state index contributed by atoms with van der Waals surface area (Å²) in [4.78, 5) is 0. The lowest BCUT2D eigenvalue weighted by Gasteiger charge is -2.18. The Bertz CT molecular complexity index is 771. The Kier molecular flexibility index (Phi) is 4.28. The highest BCUT2D eigenvalue weighted by atomic mass is 32.2. The lowest BCUT2D eigenvalue weighted by molar-refractivity contribution is 0.784. The fourth-order valence-corrected chi connectivity index (χ4v) is 4.56. The van der Waals surface area contributed by atoms with Crippen LogP contribution in [-0.4, -0.2) is 13.5 Å². The summed E-state index contributed by atoms with van der Waals surface area (Å²) in [7, 11) is 0. The summed E-state index contributed by atoms with van der Waals surface area (Å²) in [6.45, 7) is 7.58. The summed E-state index contributed by atoms with van der Waals surface area (Å²) in [6, 6.07) is 17.3. The average molecular weight is 328 g/mol. The molecule has 0 amide bonds. The Balaban J connectivity index is 1.94. The quantitative estimate of drug-likeness (QED) is 0.540. The van der Waals surface area contributed by atoms with E-state index in [9.17, 15) is 0 Å². The van der Waals surface area contributed by atoms with Gasteiger partial charge in [-0.1, -0.05) is 69.4 Å². The van der Waals surface area contributed by atoms with E-state index < -0.39 is 0 Å². The number of hydrogen-bond donors (Lipinski definition) is 0. The first-order valence-electron chi connectivity index (χ1n) is 7.63. The maximum absolute atomic E-state index is 5.57. The van der Waals surface area contributed by atoms with Crippen LogP contribution in [0.1, 0.15) is 27.2 Å². The van der Waals surface area contributed by atoms with Crippen LogP contribution in [0.4, 0.5) is 0 Å². The smallest absolute Gasteiger partial charge is 0.0501 e. The molecular formula is C19H21NS2. The van der Waals surface area contributed by atoms with Crippen molar-refractivity contribution in [3.05, 3.63) is 48.5 Å². The van der Waals surface area contributed by atoms with Gasteiger partial charge in [0, 0.05) is 39.5 Å². The van der Waals surface area contributed by atoms with Crippen molar-refractivity contribution in [2.24, 2.45) is 0 Å². The molecule has 0 saturated carbocycles. The van der Waals surface area contributed by atoms with E-state index in [-0.39, 0.29) is 4.75 Å². The molecule has 0 radical (unpaired) electrons. The van der Waals surface area contributed by atoms with Crippen molar-refractivity contribution in [3.8, 4) is 0 Å². The van der Waals surface area contributed by atoms with Gasteiger partial charge in [-0.25, -0.2) is 0 Å². The molecule has 22 heavy (non-hydrogen) atoms. The number of aryl methyl sites for hydroxylation is 1. The van der Waals surface area contributed by atoms with Crippen molar-refractivity contribution in [1.82, 2.24) is 4.57 Å². The number of hydrogen-bond acceptors (Lipinski definition) is 2. The minimum Gasteiger partial charge on any atom is -0.340 e. The molecule has 0 aliphatic carbocycles. The number of thiocarbonyl (C=S) groups is 1. The van der Waals surface area contributed by atoms with Gasteiger partial charge in [0.05, 0.1) is 4.20 Å². The van der Waals surface area contributed by atoms with Gasteiger partial charge >= 0.3 is 0 Å². The summed E-state index contributed by atoms with van der Waals surface area (Å²) >= 11 is 7.38. The molecule has 0 saturated heterocycles. The molecule has 0 aliphatic heterocycles. The summed E-state index contributed by atoms with van der Waals surface area (Å²) in [6.07, 6.45) is 0.930. The van der Waals surface area contributed by atoms with Crippen molar-refractivity contribution in [2.45, 2.75) is 38.5 Å². The van der Waals surface area contributed by atoms with Crippen LogP contribution < -0.4 is 0 Å². The van der Waals surface area contributed by atoms with E-state index in [4.69, 9.17) is 12.2 Å². The number of thioether (sulfide) groups is 1. The number of nitrogens with zero attached hydrogens (tertiary/aromatic N) is 1. The SMILES string of the molecule is CC(C)(C)SC(=S)CCn1c2ccccc2c2ccccc21. The first-order valence-corrected chi connectivity index (χ1v) is 8.86. The summed E-state index contributed by atoms with van der Waals surface area (Å²) < 4.78 is 3.69. The average Bonchev–Trinajstić information content (AvgIpc) is 2.78. The van der Waals surface area contributed by atoms with Crippen LogP contribution in [0.15, 0.2) is 48.5 Å². The monoisotopic (exact) mass is 327 g/mol. The summed E-state index contributed by atoms with van der Waals surface area (Å²) in [5.74, 6) is 0. The first kappa shape index (κ1) is 15.6. The predicted molar refractivity (Wildman–Crippen MR) is 104 cm³/mol. The van der Waals surface area contributed by atoms with Crippen LogP contribution in [0, 0.1) is 0 Å². The fraction of sp³-hybridized carbons (Fsp3) is 0.316. The minimum absolute atomic E-state index is 0.192. The largest absolute Gasteiger partial charge is 0.340 e. The molecule has 0 fully saturated rings. The normalized spacial score (nSPS) is 12.1. The Morgan fingerprint density at radius 2 is 1.45 bits per heavy atom. The third-order valence-electron chi connectivity index (χ3n) is 3.64. The van der Waals surface area contributed by atoms with E-state index in [1.54, 1.807) is 0 Å². The predicted octanol–water partition coefficient (Wildman–Crippen LogP) is 6.04. The molecule has 0 N–H and O–H groups in total. The standard InChI is InChI=1S/C19H21NS2/c1-19(2,3)22-18(21)12-13-20-16-10-6-4-8-14(16)15-9-5-7-11-17(15)20/h4-11H,12-13H2,1-3H3. The second kappa shape index (κ2) is 6.05. The lowest BCUT2D eigenvalue weighted by Crippen LogP contribution is -2.12. The molecule has 1 nitrogen and oxygen atoms in total. The van der Waals surface area contributed by atoms with Gasteiger partial charge in [-0.2, -0.15) is 0 Å². The highest BCUT2D eigenvalue weighted by molar-refractivity contribution is 8.23. The number of para-hydroxylation sites is 2. The van der Waals surface area contributed by atoms with Crippen molar-refractivity contribution in [1.29, 1.82) is 0 Å². The third kappa shape index (κ3) is 3.21. The van der Waals surface area contributed by atoms with E-state index in [1.807, 2.05) is 11.8 Å². The van der Waals surface area contributed by atoms with Gasteiger partial charge in [0.1, 0.15) is 0 Å². The minimum atomic E-state index is 0.192. The van der Waals surface area contributed by atoms with E-state index >= 15 is 0 Å². The van der Waals surface area contributed by atoms with Crippen molar-refractivity contribution >= 4 is 50.0 Å². The highest BCUT2D eigenvalue weighted by Gasteiger charge is 2.15. The molecule has 1 aromatic heterocycles. The molecule has 114 valence electrons. The topological polar surface area (TPSA) is 4.93 Å². The molecule has 0 aliphatic rings. The Morgan fingerprint density at radius 3 is 1.95 bits per heavy atom. The lowest BCUT2D eigenvalue weighted by atomic mass is 10.2. The van der Waals surface area contributed by atoms with Gasteiger partial charge in [-0.15, -0.1) is 11.8 Å². The number of benzene rings is 2. The summed E-state index contributed by atoms with van der Waals surface area (Å²) in [5, 5.41) is 2.65. The Labute approximate surface area is 141 Å². The second-order valence-corrected chi connectivity index (χ2v) is 9.20. The first-order chi connectivity index (χ1) is 10.5. The van der Waals surface area contributed by atoms with Gasteiger partial charge in [0.25, 0.3) is 0 Å². The van der Waals surface area contributed by atoms with Gasteiger partial charge in [-0.3, -0.25) is 0 Å². The second-order valence-electron chi connectivity index (χ2n) is 6.52.